The van der Waals surface area contributed by atoms with Crippen LogP contribution in [0.4, 0.5) is 16.2 Å². The number of urea groups is 1. The fourth-order valence-electron chi connectivity index (χ4n) is 3.99. The van der Waals surface area contributed by atoms with Crippen molar-refractivity contribution in [3.05, 3.63) is 77.0 Å². The molecule has 0 aliphatic carbocycles. The summed E-state index contributed by atoms with van der Waals surface area (Å²) in [7, 11) is 1.64. The Morgan fingerprint density at radius 3 is 2.65 bits per heavy atom. The Labute approximate surface area is 203 Å². The molecule has 0 saturated heterocycles. The first kappa shape index (κ1) is 23.6. The molecule has 0 bridgehead atoms. The van der Waals surface area contributed by atoms with Crippen molar-refractivity contribution in [1.82, 2.24) is 10.3 Å². The summed E-state index contributed by atoms with van der Waals surface area (Å²) in [4.78, 5) is 31.9. The molecule has 2 heterocycles. The minimum atomic E-state index is -0.204. The molecule has 1 aliphatic rings. The highest BCUT2D eigenvalue weighted by Gasteiger charge is 2.26. The third-order valence-electron chi connectivity index (χ3n) is 5.62. The maximum atomic E-state index is 13.0. The topological polar surface area (TPSA) is 83.6 Å². The van der Waals surface area contributed by atoms with E-state index < -0.39 is 0 Å². The highest BCUT2D eigenvalue weighted by Crippen LogP contribution is 2.36. The monoisotopic (exact) mass is 476 g/mol. The van der Waals surface area contributed by atoms with E-state index in [1.54, 1.807) is 48.0 Å². The predicted molar refractivity (Wildman–Crippen MR) is 136 cm³/mol. The molecule has 7 nitrogen and oxygen atoms in total. The molecule has 2 N–H and O–H groups in total. The number of benzene rings is 2. The van der Waals surface area contributed by atoms with E-state index in [2.05, 4.69) is 15.6 Å². The molecule has 8 heteroatoms. The number of hydrogen-bond acceptors (Lipinski definition) is 5. The minimum Gasteiger partial charge on any atom is -0.496 e. The van der Waals surface area contributed by atoms with Crippen molar-refractivity contribution in [1.29, 1.82) is 0 Å². The molecule has 3 aromatic rings. The molecule has 0 spiro atoms. The second-order valence-corrected chi connectivity index (χ2v) is 9.14. The van der Waals surface area contributed by atoms with E-state index in [4.69, 9.17) is 4.74 Å². The van der Waals surface area contributed by atoms with Gasteiger partial charge in [0.25, 0.3) is 5.91 Å². The average molecular weight is 477 g/mol. The number of thioether (sulfide) groups is 1. The van der Waals surface area contributed by atoms with E-state index in [1.807, 2.05) is 44.2 Å². The van der Waals surface area contributed by atoms with Crippen molar-refractivity contribution in [2.45, 2.75) is 25.3 Å². The number of nitrogens with one attached hydrogen (secondary N) is 2. The van der Waals surface area contributed by atoms with Gasteiger partial charge in [0.15, 0.2) is 0 Å². The van der Waals surface area contributed by atoms with Crippen LogP contribution in [-0.2, 0) is 6.42 Å². The number of hydrogen-bond donors (Lipinski definition) is 2. The molecule has 3 amide bonds. The van der Waals surface area contributed by atoms with Gasteiger partial charge in [-0.15, -0.1) is 11.8 Å². The van der Waals surface area contributed by atoms with Crippen LogP contribution in [0.1, 0.15) is 27.2 Å². The number of carbonyl (C=O) groups excluding carboxylic acids is 2. The number of nitrogens with zero attached hydrogens (tertiary/aromatic N) is 2. The number of aromatic nitrogens is 1. The van der Waals surface area contributed by atoms with Gasteiger partial charge in [-0.2, -0.15) is 0 Å². The Morgan fingerprint density at radius 1 is 1.12 bits per heavy atom. The summed E-state index contributed by atoms with van der Waals surface area (Å²) in [6.07, 6.45) is 0.674. The van der Waals surface area contributed by atoms with Gasteiger partial charge in [0.1, 0.15) is 10.8 Å². The van der Waals surface area contributed by atoms with Crippen LogP contribution in [0.3, 0.4) is 0 Å². The lowest BCUT2D eigenvalue weighted by Gasteiger charge is -2.30. The van der Waals surface area contributed by atoms with E-state index >= 15 is 0 Å². The van der Waals surface area contributed by atoms with Crippen LogP contribution in [0.15, 0.2) is 59.6 Å². The third-order valence-corrected chi connectivity index (χ3v) is 6.56. The van der Waals surface area contributed by atoms with Crippen LogP contribution in [0.5, 0.6) is 5.75 Å². The number of ether oxygens (including phenoxy) is 1. The van der Waals surface area contributed by atoms with Crippen molar-refractivity contribution in [3.63, 3.8) is 0 Å². The molecule has 0 radical (unpaired) electrons. The SMILES string of the molecule is COc1ccccc1CCNC(=O)c1ccc(NC(=O)N2CCSc3nc(C)cc(C)c32)cc1. The van der Waals surface area contributed by atoms with Crippen LogP contribution in [-0.4, -0.2) is 42.9 Å². The molecule has 34 heavy (non-hydrogen) atoms. The first-order valence-corrected chi connectivity index (χ1v) is 12.1. The largest absolute Gasteiger partial charge is 0.496 e. The zero-order chi connectivity index (χ0) is 24.1. The van der Waals surface area contributed by atoms with Crippen molar-refractivity contribution < 1.29 is 14.3 Å². The lowest BCUT2D eigenvalue weighted by Crippen LogP contribution is -2.39. The number of fused-ring (bicyclic) bond motifs is 1. The van der Waals surface area contributed by atoms with Crippen molar-refractivity contribution in [2.75, 3.05) is 36.2 Å². The molecule has 0 fully saturated rings. The summed E-state index contributed by atoms with van der Waals surface area (Å²) in [6, 6.07) is 16.5. The van der Waals surface area contributed by atoms with Crippen LogP contribution < -0.4 is 20.3 Å². The van der Waals surface area contributed by atoms with Crippen LogP contribution in [0, 0.1) is 13.8 Å². The van der Waals surface area contributed by atoms with E-state index in [9.17, 15) is 9.59 Å². The second kappa shape index (κ2) is 10.6. The lowest BCUT2D eigenvalue weighted by molar-refractivity contribution is 0.0954. The quantitative estimate of drug-likeness (QED) is 0.533. The normalized spacial score (nSPS) is 12.6. The summed E-state index contributed by atoms with van der Waals surface area (Å²) >= 11 is 1.67. The van der Waals surface area contributed by atoms with Crippen molar-refractivity contribution in [2.24, 2.45) is 0 Å². The highest BCUT2D eigenvalue weighted by molar-refractivity contribution is 7.99. The summed E-state index contributed by atoms with van der Waals surface area (Å²) in [5.41, 5.74) is 5.06. The van der Waals surface area contributed by atoms with Gasteiger partial charge < -0.3 is 15.4 Å². The molecular formula is C26H28N4O3S. The second-order valence-electron chi connectivity index (χ2n) is 8.06. The first-order chi connectivity index (χ1) is 16.5. The minimum absolute atomic E-state index is 0.160. The molecule has 2 aromatic carbocycles. The standard InChI is InChI=1S/C26H28N4O3S/c1-17-16-18(2)28-25-23(17)30(14-15-34-25)26(32)29-21-10-8-20(9-11-21)24(31)27-13-12-19-6-4-5-7-22(19)33-3/h4-11,16H,12-15H2,1-3H3,(H,27,31)(H,29,32). The maximum Gasteiger partial charge on any atom is 0.326 e. The van der Waals surface area contributed by atoms with Crippen molar-refractivity contribution >= 4 is 35.1 Å². The number of para-hydroxylation sites is 1. The Kier molecular flexibility index (Phi) is 7.37. The van der Waals surface area contributed by atoms with Gasteiger partial charge in [-0.05, 0) is 67.8 Å². The molecule has 0 saturated carbocycles. The molecule has 1 aliphatic heterocycles. The highest BCUT2D eigenvalue weighted by atomic mass is 32.2. The summed E-state index contributed by atoms with van der Waals surface area (Å²) in [5, 5.41) is 6.76. The van der Waals surface area contributed by atoms with Crippen LogP contribution in [0.2, 0.25) is 0 Å². The molecular weight excluding hydrogens is 448 g/mol. The molecule has 0 atom stereocenters. The fourth-order valence-corrected chi connectivity index (χ4v) is 5.08. The van der Waals surface area contributed by atoms with Gasteiger partial charge in [0, 0.05) is 35.8 Å². The van der Waals surface area contributed by atoms with Gasteiger partial charge in [-0.25, -0.2) is 9.78 Å². The number of rotatable bonds is 6. The number of aryl methyl sites for hydroxylation is 2. The summed E-state index contributed by atoms with van der Waals surface area (Å²) in [6.45, 7) is 5.07. The van der Waals surface area contributed by atoms with E-state index in [-0.39, 0.29) is 11.9 Å². The number of methoxy groups -OCH3 is 1. The van der Waals surface area contributed by atoms with Gasteiger partial charge in [-0.1, -0.05) is 18.2 Å². The van der Waals surface area contributed by atoms with E-state index in [0.29, 0.717) is 30.8 Å². The summed E-state index contributed by atoms with van der Waals surface area (Å²) in [5.74, 6) is 1.45. The van der Waals surface area contributed by atoms with E-state index in [0.717, 1.165) is 39.0 Å². The Balaban J connectivity index is 1.35. The number of pyridine rings is 1. The smallest absolute Gasteiger partial charge is 0.326 e. The van der Waals surface area contributed by atoms with Gasteiger partial charge in [0.2, 0.25) is 0 Å². The zero-order valence-corrected chi connectivity index (χ0v) is 20.4. The molecule has 176 valence electrons. The predicted octanol–water partition coefficient (Wildman–Crippen LogP) is 4.82. The Morgan fingerprint density at radius 2 is 1.88 bits per heavy atom. The first-order valence-electron chi connectivity index (χ1n) is 11.2. The van der Waals surface area contributed by atoms with Gasteiger partial charge in [0.05, 0.1) is 12.8 Å². The van der Waals surface area contributed by atoms with Crippen LogP contribution >= 0.6 is 11.8 Å². The third kappa shape index (κ3) is 5.34. The van der Waals surface area contributed by atoms with Crippen LogP contribution in [0.25, 0.3) is 0 Å². The summed E-state index contributed by atoms with van der Waals surface area (Å²) < 4.78 is 5.35. The fraction of sp³-hybridized carbons (Fsp3) is 0.269. The number of carbonyl (C=O) groups is 2. The Hall–Kier alpha value is -3.52. The van der Waals surface area contributed by atoms with Crippen molar-refractivity contribution in [3.8, 4) is 5.75 Å². The maximum absolute atomic E-state index is 13.0. The average Bonchev–Trinajstić information content (AvgIpc) is 2.84. The molecule has 0 unspecified atom stereocenters. The van der Waals surface area contributed by atoms with Gasteiger partial charge >= 0.3 is 6.03 Å². The lowest BCUT2D eigenvalue weighted by atomic mass is 10.1. The Bertz CT molecular complexity index is 1200. The van der Waals surface area contributed by atoms with E-state index in [1.165, 1.54) is 0 Å². The zero-order valence-electron chi connectivity index (χ0n) is 19.6. The number of amides is 3. The number of anilines is 2. The molecule has 1 aromatic heterocycles. The molecule has 4 rings (SSSR count). The van der Waals surface area contributed by atoms with Gasteiger partial charge in [-0.3, -0.25) is 9.69 Å².